The maximum absolute atomic E-state index is 12.5. The molecule has 3 aliphatic heterocycles. The Morgan fingerprint density at radius 2 is 1.46 bits per heavy atom. The lowest BCUT2D eigenvalue weighted by molar-refractivity contribution is 0.0355. The second-order valence-corrected chi connectivity index (χ2v) is 13.1. The lowest BCUT2D eigenvalue weighted by Gasteiger charge is -2.45. The normalized spacial score (nSPS) is 24.7. The Bertz CT molecular complexity index is 1160. The molecule has 7 heteroatoms. The van der Waals surface area contributed by atoms with Crippen molar-refractivity contribution in [2.75, 3.05) is 25.4 Å². The Hall–Kier alpha value is -2.38. The van der Waals surface area contributed by atoms with Crippen molar-refractivity contribution in [3.8, 4) is 11.1 Å². The van der Waals surface area contributed by atoms with Crippen LogP contribution in [0.15, 0.2) is 53.4 Å². The van der Waals surface area contributed by atoms with Crippen molar-refractivity contribution < 1.29 is 18.3 Å². The molecule has 3 heterocycles. The molecule has 1 aliphatic carbocycles. The Labute approximate surface area is 208 Å². The fourth-order valence-corrected chi connectivity index (χ4v) is 7.70. The third kappa shape index (κ3) is 4.98. The summed E-state index contributed by atoms with van der Waals surface area (Å²) in [5.74, 6) is 0.987. The van der Waals surface area contributed by atoms with E-state index in [-0.39, 0.29) is 11.8 Å². The summed E-state index contributed by atoms with van der Waals surface area (Å²) in [6.07, 6.45) is 4.19. The van der Waals surface area contributed by atoms with Crippen LogP contribution in [-0.4, -0.2) is 60.8 Å². The summed E-state index contributed by atoms with van der Waals surface area (Å²) in [5.41, 5.74) is 2.24. The van der Waals surface area contributed by atoms with Gasteiger partial charge in [0, 0.05) is 12.6 Å². The summed E-state index contributed by atoms with van der Waals surface area (Å²) in [5, 5.41) is 10.3. The zero-order valence-electron chi connectivity index (χ0n) is 20.7. The van der Waals surface area contributed by atoms with E-state index in [1.165, 1.54) is 0 Å². The fourth-order valence-electron chi connectivity index (χ4n) is 6.00. The zero-order valence-corrected chi connectivity index (χ0v) is 21.5. The maximum atomic E-state index is 12.5. The van der Waals surface area contributed by atoms with E-state index in [9.17, 15) is 18.3 Å². The van der Waals surface area contributed by atoms with Gasteiger partial charge in [-0.25, -0.2) is 13.2 Å². The molecule has 35 heavy (non-hydrogen) atoms. The zero-order chi connectivity index (χ0) is 24.8. The van der Waals surface area contributed by atoms with Crippen molar-refractivity contribution in [2.24, 2.45) is 11.8 Å². The van der Waals surface area contributed by atoms with E-state index in [0.717, 1.165) is 68.4 Å². The van der Waals surface area contributed by atoms with Crippen LogP contribution < -0.4 is 0 Å². The summed E-state index contributed by atoms with van der Waals surface area (Å²) in [7, 11) is -3.22. The highest BCUT2D eigenvalue weighted by Crippen LogP contribution is 2.39. The first-order valence-corrected chi connectivity index (χ1v) is 14.5. The Morgan fingerprint density at radius 1 is 0.914 bits per heavy atom. The summed E-state index contributed by atoms with van der Waals surface area (Å²) in [6, 6.07) is 15.2. The molecule has 4 aliphatic rings. The first kappa shape index (κ1) is 24.3. The highest BCUT2D eigenvalue weighted by atomic mass is 32.2. The molecule has 1 amide bonds. The molecule has 6 nitrogen and oxygen atoms in total. The van der Waals surface area contributed by atoms with E-state index in [1.807, 2.05) is 50.2 Å². The molecular weight excluding hydrogens is 460 g/mol. The number of carbonyl (C=O) groups is 1. The lowest BCUT2D eigenvalue weighted by Crippen LogP contribution is -2.53. The molecule has 0 aromatic heterocycles. The largest absolute Gasteiger partial charge is 0.465 e. The van der Waals surface area contributed by atoms with E-state index in [4.69, 9.17) is 0 Å². The molecule has 0 radical (unpaired) electrons. The van der Waals surface area contributed by atoms with E-state index >= 15 is 0 Å². The molecule has 1 atom stereocenters. The number of amides is 1. The summed E-state index contributed by atoms with van der Waals surface area (Å²) < 4.78 is 25.1. The van der Waals surface area contributed by atoms with Crippen LogP contribution in [0.3, 0.4) is 0 Å². The van der Waals surface area contributed by atoms with E-state index < -0.39 is 21.5 Å². The molecule has 3 saturated heterocycles. The topological polar surface area (TPSA) is 77.9 Å². The second-order valence-electron chi connectivity index (χ2n) is 11.1. The standard InChI is InChI=1S/C28H36N2O4S/c1-28(2,30(27(31)32)26-15-18-29-16-13-23(26)14-17-29)24-9-5-21(6-10-24)22-7-11-25(12-8-22)35(33,34)19-20-3-4-20/h5-12,20,23,26H,3-4,13-19H2,1-2H3,(H,31,32). The first-order chi connectivity index (χ1) is 16.6. The van der Waals surface area contributed by atoms with Crippen molar-refractivity contribution in [3.05, 3.63) is 54.1 Å². The number of hydrogen-bond donors (Lipinski definition) is 1. The lowest BCUT2D eigenvalue weighted by atomic mass is 9.84. The van der Waals surface area contributed by atoms with Crippen molar-refractivity contribution in [1.82, 2.24) is 9.80 Å². The van der Waals surface area contributed by atoms with Crippen LogP contribution in [0.25, 0.3) is 11.1 Å². The number of rotatable bonds is 7. The first-order valence-electron chi connectivity index (χ1n) is 12.8. The highest BCUT2D eigenvalue weighted by Gasteiger charge is 2.43. The number of hydrogen-bond acceptors (Lipinski definition) is 4. The molecular formula is C28H36N2O4S. The Balaban J connectivity index is 1.36. The maximum Gasteiger partial charge on any atom is 0.408 e. The summed E-state index contributed by atoms with van der Waals surface area (Å²) in [6.45, 7) is 7.13. The van der Waals surface area contributed by atoms with E-state index in [2.05, 4.69) is 4.90 Å². The predicted octanol–water partition coefficient (Wildman–Crippen LogP) is 5.24. The quantitative estimate of drug-likeness (QED) is 0.567. The van der Waals surface area contributed by atoms with Crippen LogP contribution in [0.4, 0.5) is 4.79 Å². The van der Waals surface area contributed by atoms with Crippen molar-refractivity contribution in [2.45, 2.75) is 62.4 Å². The van der Waals surface area contributed by atoms with Crippen LogP contribution in [0, 0.1) is 11.8 Å². The van der Waals surface area contributed by atoms with Crippen LogP contribution in [0.1, 0.15) is 51.5 Å². The molecule has 1 unspecified atom stereocenters. The van der Waals surface area contributed by atoms with Crippen molar-refractivity contribution in [1.29, 1.82) is 0 Å². The van der Waals surface area contributed by atoms with Crippen LogP contribution >= 0.6 is 0 Å². The number of sulfone groups is 1. The molecule has 2 aromatic rings. The SMILES string of the molecule is CC(C)(c1ccc(-c2ccc(S(=O)(=O)CC3CC3)cc2)cc1)N(C(=O)O)C1CCN2CCC1CC2. The van der Waals surface area contributed by atoms with Gasteiger partial charge in [0.1, 0.15) is 0 Å². The average Bonchev–Trinajstić information content (AvgIpc) is 3.68. The third-order valence-corrected chi connectivity index (χ3v) is 10.2. The van der Waals surface area contributed by atoms with Gasteiger partial charge in [-0.3, -0.25) is 4.90 Å². The smallest absolute Gasteiger partial charge is 0.408 e. The van der Waals surface area contributed by atoms with Crippen molar-refractivity contribution >= 4 is 15.9 Å². The number of piperidine rings is 1. The van der Waals surface area contributed by atoms with Crippen molar-refractivity contribution in [3.63, 3.8) is 0 Å². The van der Waals surface area contributed by atoms with Gasteiger partial charge in [-0.05, 0) is 99.7 Å². The van der Waals surface area contributed by atoms with Gasteiger partial charge in [0.05, 0.1) is 16.2 Å². The predicted molar refractivity (Wildman–Crippen MR) is 137 cm³/mol. The van der Waals surface area contributed by atoms with Crippen LogP contribution in [0.5, 0.6) is 0 Å². The van der Waals surface area contributed by atoms with Gasteiger partial charge in [0.2, 0.25) is 0 Å². The Kier molecular flexibility index (Phi) is 6.43. The number of benzene rings is 2. The minimum Gasteiger partial charge on any atom is -0.465 e. The molecule has 2 bridgehead atoms. The van der Waals surface area contributed by atoms with Gasteiger partial charge in [-0.1, -0.05) is 36.4 Å². The Morgan fingerprint density at radius 3 is 2.00 bits per heavy atom. The molecule has 6 rings (SSSR count). The monoisotopic (exact) mass is 496 g/mol. The second kappa shape index (κ2) is 9.25. The van der Waals surface area contributed by atoms with Gasteiger partial charge < -0.3 is 10.0 Å². The van der Waals surface area contributed by atoms with Crippen LogP contribution in [0.2, 0.25) is 0 Å². The molecule has 4 fully saturated rings. The fraction of sp³-hybridized carbons (Fsp3) is 0.536. The van der Waals surface area contributed by atoms with Gasteiger partial charge in [0.15, 0.2) is 9.84 Å². The van der Waals surface area contributed by atoms with E-state index in [0.29, 0.717) is 16.7 Å². The molecule has 2 aromatic carbocycles. The number of carboxylic acid groups (broad SMARTS) is 1. The number of nitrogens with zero attached hydrogens (tertiary/aromatic N) is 2. The van der Waals surface area contributed by atoms with Crippen LogP contribution in [-0.2, 0) is 15.4 Å². The summed E-state index contributed by atoms with van der Waals surface area (Å²) in [4.78, 5) is 17.1. The van der Waals surface area contributed by atoms with Gasteiger partial charge in [-0.15, -0.1) is 0 Å². The van der Waals surface area contributed by atoms with Gasteiger partial charge in [-0.2, -0.15) is 0 Å². The molecule has 1 saturated carbocycles. The average molecular weight is 497 g/mol. The van der Waals surface area contributed by atoms with Gasteiger partial charge >= 0.3 is 6.09 Å². The van der Waals surface area contributed by atoms with E-state index in [1.54, 1.807) is 17.0 Å². The molecule has 0 spiro atoms. The van der Waals surface area contributed by atoms with Gasteiger partial charge in [0.25, 0.3) is 0 Å². The minimum absolute atomic E-state index is 0.0276. The highest BCUT2D eigenvalue weighted by molar-refractivity contribution is 7.91. The molecule has 1 N–H and O–H groups in total. The number of fused-ring (bicyclic) bond motifs is 4. The minimum atomic E-state index is -3.22. The molecule has 188 valence electrons. The summed E-state index contributed by atoms with van der Waals surface area (Å²) >= 11 is 0. The third-order valence-electron chi connectivity index (χ3n) is 8.35.